The summed E-state index contributed by atoms with van der Waals surface area (Å²) in [5.74, 6) is 0. The first-order valence-corrected chi connectivity index (χ1v) is 6.34. The van der Waals surface area contributed by atoms with Gasteiger partial charge in [-0.2, -0.15) is 0 Å². The summed E-state index contributed by atoms with van der Waals surface area (Å²) < 4.78 is 2.07. The van der Waals surface area contributed by atoms with Crippen LogP contribution in [0.1, 0.15) is 5.69 Å². The number of nitrogens with zero attached hydrogens (tertiary/aromatic N) is 2. The van der Waals surface area contributed by atoms with Crippen LogP contribution < -0.4 is 0 Å². The maximum absolute atomic E-state index is 4.59. The van der Waals surface area contributed by atoms with Crippen molar-refractivity contribution < 1.29 is 0 Å². The SMILES string of the molecule is Cc1cn2ccc3[nH]c(-c4ccccc4)cc3c2n1. The highest BCUT2D eigenvalue weighted by atomic mass is 15.0. The Bertz CT molecular complexity index is 869. The van der Waals surface area contributed by atoms with Gasteiger partial charge in [-0.25, -0.2) is 4.98 Å². The van der Waals surface area contributed by atoms with Gasteiger partial charge in [-0.1, -0.05) is 30.3 Å². The van der Waals surface area contributed by atoms with Gasteiger partial charge in [0, 0.05) is 23.5 Å². The number of nitrogens with one attached hydrogen (secondary N) is 1. The molecule has 1 N–H and O–H groups in total. The van der Waals surface area contributed by atoms with Crippen LogP contribution in [0.4, 0.5) is 0 Å². The standard InChI is InChI=1S/C16H13N3/c1-11-10-19-8-7-14-13(16(19)17-11)9-15(18-14)12-5-3-2-4-6-12/h2-10,18H,1H3. The van der Waals surface area contributed by atoms with E-state index in [0.29, 0.717) is 0 Å². The molecule has 3 heteroatoms. The van der Waals surface area contributed by atoms with Crippen LogP contribution >= 0.6 is 0 Å². The van der Waals surface area contributed by atoms with E-state index in [-0.39, 0.29) is 0 Å². The normalized spacial score (nSPS) is 11.4. The van der Waals surface area contributed by atoms with Gasteiger partial charge in [0.25, 0.3) is 0 Å². The second kappa shape index (κ2) is 3.72. The van der Waals surface area contributed by atoms with E-state index in [4.69, 9.17) is 0 Å². The van der Waals surface area contributed by atoms with Gasteiger partial charge < -0.3 is 9.38 Å². The summed E-state index contributed by atoms with van der Waals surface area (Å²) in [5, 5.41) is 1.16. The molecule has 0 aliphatic rings. The van der Waals surface area contributed by atoms with Crippen LogP contribution in [-0.2, 0) is 0 Å². The second-order valence-corrected chi connectivity index (χ2v) is 4.81. The Labute approximate surface area is 110 Å². The molecule has 0 spiro atoms. The van der Waals surface area contributed by atoms with Crippen molar-refractivity contribution in [3.8, 4) is 11.3 Å². The van der Waals surface area contributed by atoms with E-state index < -0.39 is 0 Å². The fraction of sp³-hybridized carbons (Fsp3) is 0.0625. The Kier molecular flexibility index (Phi) is 2.03. The van der Waals surface area contributed by atoms with Crippen LogP contribution in [-0.4, -0.2) is 14.4 Å². The Morgan fingerprint density at radius 3 is 2.79 bits per heavy atom. The van der Waals surface area contributed by atoms with Crippen LogP contribution in [0.5, 0.6) is 0 Å². The number of aromatic nitrogens is 3. The van der Waals surface area contributed by atoms with Crippen molar-refractivity contribution in [3.05, 3.63) is 60.6 Å². The van der Waals surface area contributed by atoms with Crippen molar-refractivity contribution in [1.82, 2.24) is 14.4 Å². The Morgan fingerprint density at radius 2 is 1.95 bits per heavy atom. The van der Waals surface area contributed by atoms with E-state index in [1.807, 2.05) is 25.4 Å². The summed E-state index contributed by atoms with van der Waals surface area (Å²) in [4.78, 5) is 8.05. The number of imidazole rings is 1. The third-order valence-corrected chi connectivity index (χ3v) is 3.43. The fourth-order valence-corrected chi connectivity index (χ4v) is 2.54. The summed E-state index contributed by atoms with van der Waals surface area (Å²) in [6, 6.07) is 14.6. The highest BCUT2D eigenvalue weighted by Gasteiger charge is 2.08. The molecule has 0 atom stereocenters. The van der Waals surface area contributed by atoms with E-state index in [9.17, 15) is 0 Å². The van der Waals surface area contributed by atoms with E-state index in [1.54, 1.807) is 0 Å². The molecule has 4 rings (SSSR count). The molecule has 0 aliphatic heterocycles. The van der Waals surface area contributed by atoms with Gasteiger partial charge in [0.15, 0.2) is 0 Å². The smallest absolute Gasteiger partial charge is 0.146 e. The third-order valence-electron chi connectivity index (χ3n) is 3.43. The molecule has 3 aromatic heterocycles. The van der Waals surface area contributed by atoms with Crippen molar-refractivity contribution in [1.29, 1.82) is 0 Å². The number of H-pyrrole nitrogens is 1. The number of pyridine rings is 1. The van der Waals surface area contributed by atoms with Crippen LogP contribution in [0.3, 0.4) is 0 Å². The zero-order valence-electron chi connectivity index (χ0n) is 10.6. The minimum atomic E-state index is 1.01. The number of fused-ring (bicyclic) bond motifs is 3. The molecule has 0 fully saturated rings. The first-order chi connectivity index (χ1) is 9.31. The van der Waals surface area contributed by atoms with E-state index in [1.165, 1.54) is 5.56 Å². The predicted molar refractivity (Wildman–Crippen MR) is 77.2 cm³/mol. The molecular weight excluding hydrogens is 234 g/mol. The average molecular weight is 247 g/mol. The maximum Gasteiger partial charge on any atom is 0.146 e. The minimum absolute atomic E-state index is 1.01. The molecule has 0 radical (unpaired) electrons. The molecule has 3 nitrogen and oxygen atoms in total. The molecule has 0 bridgehead atoms. The zero-order chi connectivity index (χ0) is 12.8. The third kappa shape index (κ3) is 1.55. The maximum atomic E-state index is 4.59. The van der Waals surface area contributed by atoms with E-state index in [0.717, 1.165) is 27.9 Å². The van der Waals surface area contributed by atoms with Crippen molar-refractivity contribution in [2.45, 2.75) is 6.92 Å². The van der Waals surface area contributed by atoms with Crippen molar-refractivity contribution >= 4 is 16.6 Å². The first kappa shape index (κ1) is 10.4. The first-order valence-electron chi connectivity index (χ1n) is 6.34. The average Bonchev–Trinajstić information content (AvgIpc) is 3.01. The highest BCUT2D eigenvalue weighted by molar-refractivity contribution is 5.95. The van der Waals surface area contributed by atoms with Crippen molar-refractivity contribution in [2.75, 3.05) is 0 Å². The zero-order valence-corrected chi connectivity index (χ0v) is 10.6. The molecule has 0 aliphatic carbocycles. The number of rotatable bonds is 1. The van der Waals surface area contributed by atoms with Crippen LogP contribution in [0, 0.1) is 6.92 Å². The molecular formula is C16H13N3. The fourth-order valence-electron chi connectivity index (χ4n) is 2.54. The highest BCUT2D eigenvalue weighted by Crippen LogP contribution is 2.26. The Hall–Kier alpha value is -2.55. The summed E-state index contributed by atoms with van der Waals surface area (Å²) in [5.41, 5.74) is 5.49. The monoisotopic (exact) mass is 247 g/mol. The molecule has 1 aromatic carbocycles. The Morgan fingerprint density at radius 1 is 1.11 bits per heavy atom. The quantitative estimate of drug-likeness (QED) is 0.545. The van der Waals surface area contributed by atoms with Gasteiger partial charge in [0.05, 0.1) is 11.2 Å². The molecule has 3 heterocycles. The van der Waals surface area contributed by atoms with Crippen molar-refractivity contribution in [3.63, 3.8) is 0 Å². The molecule has 0 amide bonds. The van der Waals surface area contributed by atoms with Gasteiger partial charge in [0.2, 0.25) is 0 Å². The Balaban J connectivity index is 2.03. The molecule has 0 unspecified atom stereocenters. The van der Waals surface area contributed by atoms with Crippen LogP contribution in [0.15, 0.2) is 54.9 Å². The number of benzene rings is 1. The topological polar surface area (TPSA) is 33.1 Å². The lowest BCUT2D eigenvalue weighted by molar-refractivity contribution is 1.20. The van der Waals surface area contributed by atoms with Gasteiger partial charge in [-0.05, 0) is 24.6 Å². The lowest BCUT2D eigenvalue weighted by Crippen LogP contribution is -1.81. The van der Waals surface area contributed by atoms with Gasteiger partial charge in [-0.3, -0.25) is 0 Å². The van der Waals surface area contributed by atoms with Gasteiger partial charge in [0.1, 0.15) is 5.65 Å². The molecule has 4 aromatic rings. The summed E-state index contributed by atoms with van der Waals surface area (Å²) in [6.07, 6.45) is 4.09. The number of hydrogen-bond acceptors (Lipinski definition) is 1. The van der Waals surface area contributed by atoms with Gasteiger partial charge >= 0.3 is 0 Å². The minimum Gasteiger partial charge on any atom is -0.354 e. The number of aryl methyl sites for hydroxylation is 1. The van der Waals surface area contributed by atoms with Crippen molar-refractivity contribution in [2.24, 2.45) is 0 Å². The molecule has 0 saturated heterocycles. The number of hydrogen-bond donors (Lipinski definition) is 1. The van der Waals surface area contributed by atoms with E-state index >= 15 is 0 Å². The molecule has 0 saturated carbocycles. The summed E-state index contributed by atoms with van der Waals surface area (Å²) >= 11 is 0. The number of aromatic amines is 1. The lowest BCUT2D eigenvalue weighted by atomic mass is 10.1. The largest absolute Gasteiger partial charge is 0.354 e. The van der Waals surface area contributed by atoms with Crippen LogP contribution in [0.25, 0.3) is 27.8 Å². The predicted octanol–water partition coefficient (Wildman–Crippen LogP) is 3.79. The van der Waals surface area contributed by atoms with Gasteiger partial charge in [-0.15, -0.1) is 0 Å². The summed E-state index contributed by atoms with van der Waals surface area (Å²) in [6.45, 7) is 2.02. The molecule has 92 valence electrons. The lowest BCUT2D eigenvalue weighted by Gasteiger charge is -1.95. The van der Waals surface area contributed by atoms with Crippen LogP contribution in [0.2, 0.25) is 0 Å². The summed E-state index contributed by atoms with van der Waals surface area (Å²) in [7, 11) is 0. The second-order valence-electron chi connectivity index (χ2n) is 4.81. The molecule has 19 heavy (non-hydrogen) atoms. The van der Waals surface area contributed by atoms with E-state index in [2.05, 4.69) is 50.8 Å².